The fraction of sp³-hybridized carbons (Fsp3) is 0.231. The molecule has 0 spiro atoms. The first-order chi connectivity index (χ1) is 9.20. The molecule has 19 heavy (non-hydrogen) atoms. The zero-order valence-corrected chi connectivity index (χ0v) is 11.3. The van der Waals surface area contributed by atoms with Gasteiger partial charge in [-0.1, -0.05) is 41.9 Å². The van der Waals surface area contributed by atoms with Crippen molar-refractivity contribution in [2.24, 2.45) is 5.73 Å². The number of nitrogens with zero attached hydrogens (tertiary/aromatic N) is 2. The van der Waals surface area contributed by atoms with E-state index in [0.717, 1.165) is 5.56 Å². The lowest BCUT2D eigenvalue weighted by molar-refractivity contribution is 0.380. The number of benzene rings is 1. The number of methoxy groups -OCH3 is 1. The van der Waals surface area contributed by atoms with Crippen molar-refractivity contribution in [3.63, 3.8) is 0 Å². The minimum absolute atomic E-state index is 0.141. The lowest BCUT2D eigenvalue weighted by Gasteiger charge is -2.14. The summed E-state index contributed by atoms with van der Waals surface area (Å²) >= 11 is 6.00. The Balaban J connectivity index is 2.02. The van der Waals surface area contributed by atoms with E-state index in [-0.39, 0.29) is 12.1 Å². The van der Waals surface area contributed by atoms with Gasteiger partial charge in [-0.3, -0.25) is 0 Å². The summed E-state index contributed by atoms with van der Waals surface area (Å²) in [6, 6.07) is 9.95. The van der Waals surface area contributed by atoms with Crippen molar-refractivity contribution in [2.45, 2.75) is 6.04 Å². The third kappa shape index (κ3) is 3.56. The molecule has 1 aromatic carbocycles. The first kappa shape index (κ1) is 13.6. The van der Waals surface area contributed by atoms with Gasteiger partial charge in [0.05, 0.1) is 13.3 Å². The van der Waals surface area contributed by atoms with Crippen LogP contribution in [0.25, 0.3) is 0 Å². The summed E-state index contributed by atoms with van der Waals surface area (Å²) in [6.45, 7) is 0.518. The van der Waals surface area contributed by atoms with Crippen LogP contribution in [0.1, 0.15) is 11.6 Å². The van der Waals surface area contributed by atoms with Gasteiger partial charge in [0.15, 0.2) is 5.82 Å². The second-order valence-electron chi connectivity index (χ2n) is 3.95. The Morgan fingerprint density at radius 1 is 1.37 bits per heavy atom. The summed E-state index contributed by atoms with van der Waals surface area (Å²) in [5.74, 6) is 0.514. The van der Waals surface area contributed by atoms with E-state index in [1.165, 1.54) is 13.3 Å². The maximum atomic E-state index is 6.08. The number of ether oxygens (including phenoxy) is 1. The molecule has 0 bridgehead atoms. The van der Waals surface area contributed by atoms with Gasteiger partial charge in [0.2, 0.25) is 0 Å². The number of rotatable bonds is 5. The van der Waals surface area contributed by atoms with Crippen LogP contribution in [0, 0.1) is 0 Å². The van der Waals surface area contributed by atoms with E-state index in [9.17, 15) is 0 Å². The van der Waals surface area contributed by atoms with Gasteiger partial charge < -0.3 is 15.8 Å². The fourth-order valence-electron chi connectivity index (χ4n) is 1.60. The van der Waals surface area contributed by atoms with Crippen LogP contribution in [-0.4, -0.2) is 23.6 Å². The zero-order chi connectivity index (χ0) is 13.7. The summed E-state index contributed by atoms with van der Waals surface area (Å²) in [7, 11) is 1.50. The Morgan fingerprint density at radius 3 is 2.79 bits per heavy atom. The average Bonchev–Trinajstić information content (AvgIpc) is 2.47. The number of hydrogen-bond acceptors (Lipinski definition) is 5. The Kier molecular flexibility index (Phi) is 4.54. The molecule has 3 N–H and O–H groups in total. The van der Waals surface area contributed by atoms with Crippen LogP contribution in [0.4, 0.5) is 5.82 Å². The van der Waals surface area contributed by atoms with Gasteiger partial charge in [-0.05, 0) is 5.56 Å². The largest absolute Gasteiger partial charge is 0.467 e. The number of aromatic nitrogens is 2. The molecule has 1 unspecified atom stereocenters. The molecule has 1 aromatic heterocycles. The number of nitrogens with two attached hydrogens (primary N) is 1. The first-order valence-electron chi connectivity index (χ1n) is 5.81. The lowest BCUT2D eigenvalue weighted by atomic mass is 10.1. The molecule has 5 nitrogen and oxygen atoms in total. The molecule has 0 aliphatic carbocycles. The van der Waals surface area contributed by atoms with E-state index in [1.807, 2.05) is 30.3 Å². The van der Waals surface area contributed by atoms with Crippen molar-refractivity contribution < 1.29 is 4.74 Å². The molecule has 0 saturated heterocycles. The second kappa shape index (κ2) is 6.36. The first-order valence-corrected chi connectivity index (χ1v) is 6.19. The van der Waals surface area contributed by atoms with Gasteiger partial charge in [-0.2, -0.15) is 4.98 Å². The van der Waals surface area contributed by atoms with Crippen molar-refractivity contribution in [1.82, 2.24) is 9.97 Å². The van der Waals surface area contributed by atoms with E-state index >= 15 is 0 Å². The number of anilines is 1. The number of halogens is 1. The highest BCUT2D eigenvalue weighted by Gasteiger charge is 2.09. The lowest BCUT2D eigenvalue weighted by Crippen LogP contribution is -2.21. The molecule has 0 amide bonds. The smallest absolute Gasteiger partial charge is 0.318 e. The predicted octanol–water partition coefficient (Wildman–Crippen LogP) is 2.25. The van der Waals surface area contributed by atoms with Crippen molar-refractivity contribution >= 4 is 17.4 Å². The van der Waals surface area contributed by atoms with E-state index in [4.69, 9.17) is 22.1 Å². The van der Waals surface area contributed by atoms with Gasteiger partial charge >= 0.3 is 6.01 Å². The quantitative estimate of drug-likeness (QED) is 0.878. The maximum absolute atomic E-state index is 6.08. The summed E-state index contributed by atoms with van der Waals surface area (Å²) in [6.07, 6.45) is 1.49. The van der Waals surface area contributed by atoms with Crippen LogP contribution >= 0.6 is 11.6 Å². The van der Waals surface area contributed by atoms with E-state index in [1.54, 1.807) is 0 Å². The number of nitrogens with one attached hydrogen (secondary N) is 1. The van der Waals surface area contributed by atoms with Gasteiger partial charge in [-0.15, -0.1) is 0 Å². The van der Waals surface area contributed by atoms with Gasteiger partial charge in [0, 0.05) is 12.6 Å². The molecule has 100 valence electrons. The maximum Gasteiger partial charge on any atom is 0.318 e. The van der Waals surface area contributed by atoms with Crippen LogP contribution in [0.3, 0.4) is 0 Å². The fourth-order valence-corrected chi connectivity index (χ4v) is 1.76. The molecule has 2 rings (SSSR count). The molecule has 0 fully saturated rings. The average molecular weight is 279 g/mol. The molecule has 0 aliphatic rings. The third-order valence-electron chi connectivity index (χ3n) is 2.62. The van der Waals surface area contributed by atoms with Gasteiger partial charge in [0.25, 0.3) is 0 Å². The molecule has 2 aromatic rings. The second-order valence-corrected chi connectivity index (χ2v) is 4.36. The topological polar surface area (TPSA) is 73.1 Å². The van der Waals surface area contributed by atoms with Crippen LogP contribution in [-0.2, 0) is 0 Å². The van der Waals surface area contributed by atoms with Crippen LogP contribution < -0.4 is 15.8 Å². The molecule has 1 heterocycles. The minimum atomic E-state index is -0.141. The number of hydrogen-bond donors (Lipinski definition) is 2. The van der Waals surface area contributed by atoms with E-state index < -0.39 is 0 Å². The van der Waals surface area contributed by atoms with Crippen molar-refractivity contribution in [2.75, 3.05) is 19.0 Å². The van der Waals surface area contributed by atoms with Gasteiger partial charge in [0.1, 0.15) is 5.02 Å². The van der Waals surface area contributed by atoms with Crippen LogP contribution in [0.2, 0.25) is 5.02 Å². The Labute approximate surface area is 116 Å². The van der Waals surface area contributed by atoms with Crippen LogP contribution in [0.15, 0.2) is 36.5 Å². The van der Waals surface area contributed by atoms with Crippen molar-refractivity contribution in [1.29, 1.82) is 0 Å². The summed E-state index contributed by atoms with van der Waals surface area (Å²) in [5.41, 5.74) is 7.13. The zero-order valence-electron chi connectivity index (χ0n) is 10.5. The van der Waals surface area contributed by atoms with E-state index in [0.29, 0.717) is 17.4 Å². The van der Waals surface area contributed by atoms with Crippen molar-refractivity contribution in [3.8, 4) is 6.01 Å². The standard InChI is InChI=1S/C13H15ClN4O/c1-19-13-17-7-10(14)12(18-13)16-8-11(15)9-5-3-2-4-6-9/h2-7,11H,8,15H2,1H3,(H,16,17,18). The summed E-state index contributed by atoms with van der Waals surface area (Å²) in [4.78, 5) is 8.03. The Morgan fingerprint density at radius 2 is 2.11 bits per heavy atom. The molecule has 0 aliphatic heterocycles. The highest BCUT2D eigenvalue weighted by molar-refractivity contribution is 6.32. The highest BCUT2D eigenvalue weighted by atomic mass is 35.5. The predicted molar refractivity (Wildman–Crippen MR) is 75.5 cm³/mol. The molecular weight excluding hydrogens is 264 g/mol. The normalized spacial score (nSPS) is 11.9. The van der Waals surface area contributed by atoms with E-state index in [2.05, 4.69) is 15.3 Å². The Hall–Kier alpha value is -1.85. The molecule has 6 heteroatoms. The molecule has 0 saturated carbocycles. The van der Waals surface area contributed by atoms with Crippen LogP contribution in [0.5, 0.6) is 6.01 Å². The minimum Gasteiger partial charge on any atom is -0.467 e. The monoisotopic (exact) mass is 278 g/mol. The highest BCUT2D eigenvalue weighted by Crippen LogP contribution is 2.21. The van der Waals surface area contributed by atoms with Crippen molar-refractivity contribution in [3.05, 3.63) is 47.1 Å². The Bertz CT molecular complexity index is 535. The van der Waals surface area contributed by atoms with Gasteiger partial charge in [-0.25, -0.2) is 4.98 Å². The molecule has 1 atom stereocenters. The molecule has 0 radical (unpaired) electrons. The summed E-state index contributed by atoms with van der Waals surface area (Å²) in [5, 5.41) is 3.53. The molecular formula is C13H15ClN4O. The SMILES string of the molecule is COc1ncc(Cl)c(NCC(N)c2ccccc2)n1. The third-order valence-corrected chi connectivity index (χ3v) is 2.90. The summed E-state index contributed by atoms with van der Waals surface area (Å²) < 4.78 is 4.95.